The molecule has 2 aromatic carbocycles. The molecule has 0 amide bonds. The van der Waals surface area contributed by atoms with Crippen LogP contribution in [0.4, 0.5) is 0 Å². The molecule has 0 spiro atoms. The van der Waals surface area contributed by atoms with Crippen LogP contribution in [0.15, 0.2) is 40.9 Å². The SMILES string of the molecule is COc1ccc(C)cc1CC(=O)c1cccc(Br)c1C. The van der Waals surface area contributed by atoms with Crippen LogP contribution in [0.1, 0.15) is 27.0 Å². The lowest BCUT2D eigenvalue weighted by Gasteiger charge is -2.10. The number of ether oxygens (including phenoxy) is 1. The van der Waals surface area contributed by atoms with Crippen molar-refractivity contribution in [1.82, 2.24) is 0 Å². The average Bonchev–Trinajstić information content (AvgIpc) is 2.42. The van der Waals surface area contributed by atoms with Crippen LogP contribution in [0.5, 0.6) is 5.75 Å². The fraction of sp³-hybridized carbons (Fsp3) is 0.235. The van der Waals surface area contributed by atoms with Crippen molar-refractivity contribution in [2.45, 2.75) is 20.3 Å². The molecule has 0 radical (unpaired) electrons. The molecule has 2 rings (SSSR count). The van der Waals surface area contributed by atoms with Gasteiger partial charge in [-0.3, -0.25) is 4.79 Å². The van der Waals surface area contributed by atoms with E-state index in [1.54, 1.807) is 7.11 Å². The highest BCUT2D eigenvalue weighted by Crippen LogP contribution is 2.24. The van der Waals surface area contributed by atoms with Gasteiger partial charge in [0.05, 0.1) is 7.11 Å². The Morgan fingerprint density at radius 2 is 1.95 bits per heavy atom. The number of carbonyl (C=O) groups excluding carboxylic acids is 1. The molecule has 104 valence electrons. The maximum Gasteiger partial charge on any atom is 0.167 e. The van der Waals surface area contributed by atoms with E-state index in [1.807, 2.05) is 50.2 Å². The van der Waals surface area contributed by atoms with E-state index in [1.165, 1.54) is 0 Å². The van der Waals surface area contributed by atoms with Crippen LogP contribution in [0.2, 0.25) is 0 Å². The van der Waals surface area contributed by atoms with Crippen molar-refractivity contribution in [2.75, 3.05) is 7.11 Å². The molecule has 0 aromatic heterocycles. The minimum atomic E-state index is 0.104. The van der Waals surface area contributed by atoms with Gasteiger partial charge in [-0.15, -0.1) is 0 Å². The van der Waals surface area contributed by atoms with Crippen LogP contribution in [0.25, 0.3) is 0 Å². The summed E-state index contributed by atoms with van der Waals surface area (Å²) < 4.78 is 6.29. The van der Waals surface area contributed by atoms with Crippen LogP contribution in [-0.4, -0.2) is 12.9 Å². The number of rotatable bonds is 4. The minimum absolute atomic E-state index is 0.104. The molecule has 0 saturated carbocycles. The molecule has 3 heteroatoms. The molecule has 0 fully saturated rings. The number of ketones is 1. The summed E-state index contributed by atoms with van der Waals surface area (Å²) in [6.45, 7) is 3.96. The van der Waals surface area contributed by atoms with Crippen LogP contribution in [-0.2, 0) is 6.42 Å². The van der Waals surface area contributed by atoms with E-state index in [4.69, 9.17) is 4.74 Å². The van der Waals surface area contributed by atoms with Gasteiger partial charge in [-0.2, -0.15) is 0 Å². The Bertz CT molecular complexity index is 647. The number of aryl methyl sites for hydroxylation is 1. The van der Waals surface area contributed by atoms with Gasteiger partial charge in [-0.05, 0) is 31.5 Å². The fourth-order valence-electron chi connectivity index (χ4n) is 2.22. The summed E-state index contributed by atoms with van der Waals surface area (Å²) in [6.07, 6.45) is 0.349. The molecule has 2 aromatic rings. The van der Waals surface area contributed by atoms with Crippen molar-refractivity contribution in [3.8, 4) is 5.75 Å². The number of hydrogen-bond acceptors (Lipinski definition) is 2. The number of Topliss-reactive ketones (excluding diaryl/α,β-unsaturated/α-hetero) is 1. The standard InChI is InChI=1S/C17H17BrO2/c1-11-7-8-17(20-3)13(9-11)10-16(19)14-5-4-6-15(18)12(14)2/h4-9H,10H2,1-3H3. The van der Waals surface area contributed by atoms with E-state index in [2.05, 4.69) is 15.9 Å². The van der Waals surface area contributed by atoms with Gasteiger partial charge in [0.1, 0.15) is 5.75 Å². The monoisotopic (exact) mass is 332 g/mol. The molecule has 0 unspecified atom stereocenters. The maximum atomic E-state index is 12.5. The Morgan fingerprint density at radius 3 is 2.65 bits per heavy atom. The Morgan fingerprint density at radius 1 is 1.20 bits per heavy atom. The van der Waals surface area contributed by atoms with E-state index in [0.717, 1.165) is 32.5 Å². The van der Waals surface area contributed by atoms with Gasteiger partial charge in [0.25, 0.3) is 0 Å². The smallest absolute Gasteiger partial charge is 0.167 e. The summed E-state index contributed by atoms with van der Waals surface area (Å²) in [5, 5.41) is 0. The first-order chi connectivity index (χ1) is 9.52. The maximum absolute atomic E-state index is 12.5. The second-order valence-electron chi connectivity index (χ2n) is 4.83. The zero-order chi connectivity index (χ0) is 14.7. The number of halogens is 1. The van der Waals surface area contributed by atoms with Crippen molar-refractivity contribution < 1.29 is 9.53 Å². The van der Waals surface area contributed by atoms with Gasteiger partial charge < -0.3 is 4.74 Å². The van der Waals surface area contributed by atoms with Crippen LogP contribution < -0.4 is 4.74 Å². The molecular weight excluding hydrogens is 316 g/mol. The van der Waals surface area contributed by atoms with Crippen molar-refractivity contribution in [3.63, 3.8) is 0 Å². The lowest BCUT2D eigenvalue weighted by Crippen LogP contribution is -2.07. The van der Waals surface area contributed by atoms with Gasteiger partial charge in [0.2, 0.25) is 0 Å². The summed E-state index contributed by atoms with van der Waals surface area (Å²) in [7, 11) is 1.63. The first-order valence-corrected chi connectivity index (χ1v) is 7.24. The molecule has 0 bridgehead atoms. The topological polar surface area (TPSA) is 26.3 Å². The van der Waals surface area contributed by atoms with E-state index in [-0.39, 0.29) is 5.78 Å². The summed E-state index contributed by atoms with van der Waals surface area (Å²) in [5.41, 5.74) is 3.78. The average molecular weight is 333 g/mol. The second kappa shape index (κ2) is 6.23. The Hall–Kier alpha value is -1.61. The third kappa shape index (κ3) is 3.10. The van der Waals surface area contributed by atoms with Gasteiger partial charge >= 0.3 is 0 Å². The van der Waals surface area contributed by atoms with Gasteiger partial charge in [-0.1, -0.05) is 45.8 Å². The minimum Gasteiger partial charge on any atom is -0.496 e. The van der Waals surface area contributed by atoms with E-state index in [9.17, 15) is 4.79 Å². The summed E-state index contributed by atoms with van der Waals surface area (Å²) in [5.74, 6) is 0.865. The first kappa shape index (κ1) is 14.8. The van der Waals surface area contributed by atoms with E-state index in [0.29, 0.717) is 6.42 Å². The highest BCUT2D eigenvalue weighted by Gasteiger charge is 2.14. The predicted octanol–water partition coefficient (Wildman–Crippen LogP) is 4.50. The molecule has 2 nitrogen and oxygen atoms in total. The number of carbonyl (C=O) groups is 1. The molecule has 0 aliphatic carbocycles. The molecule has 20 heavy (non-hydrogen) atoms. The van der Waals surface area contributed by atoms with Crippen LogP contribution >= 0.6 is 15.9 Å². The quantitative estimate of drug-likeness (QED) is 0.770. The highest BCUT2D eigenvalue weighted by atomic mass is 79.9. The van der Waals surface area contributed by atoms with Gasteiger partial charge in [0, 0.05) is 22.0 Å². The molecule has 0 atom stereocenters. The van der Waals surface area contributed by atoms with Crippen LogP contribution in [0, 0.1) is 13.8 Å². The Kier molecular flexibility index (Phi) is 4.61. The first-order valence-electron chi connectivity index (χ1n) is 6.44. The molecule has 0 aliphatic heterocycles. The van der Waals surface area contributed by atoms with Crippen molar-refractivity contribution >= 4 is 21.7 Å². The van der Waals surface area contributed by atoms with E-state index >= 15 is 0 Å². The summed E-state index contributed by atoms with van der Waals surface area (Å²) in [6, 6.07) is 11.6. The third-order valence-corrected chi connectivity index (χ3v) is 4.21. The number of benzene rings is 2. The van der Waals surface area contributed by atoms with Crippen molar-refractivity contribution in [3.05, 3.63) is 63.1 Å². The van der Waals surface area contributed by atoms with Crippen molar-refractivity contribution in [1.29, 1.82) is 0 Å². The number of hydrogen-bond donors (Lipinski definition) is 0. The fourth-order valence-corrected chi connectivity index (χ4v) is 2.59. The summed E-state index contributed by atoms with van der Waals surface area (Å²) >= 11 is 3.46. The molecular formula is C17H17BrO2. The van der Waals surface area contributed by atoms with E-state index < -0.39 is 0 Å². The largest absolute Gasteiger partial charge is 0.496 e. The Labute approximate surface area is 127 Å². The third-order valence-electron chi connectivity index (χ3n) is 3.36. The molecule has 0 heterocycles. The van der Waals surface area contributed by atoms with Gasteiger partial charge in [0.15, 0.2) is 5.78 Å². The molecule has 0 saturated heterocycles. The second-order valence-corrected chi connectivity index (χ2v) is 5.68. The lowest BCUT2D eigenvalue weighted by atomic mass is 9.98. The zero-order valence-corrected chi connectivity index (χ0v) is 13.5. The predicted molar refractivity (Wildman–Crippen MR) is 84.6 cm³/mol. The molecule has 0 N–H and O–H groups in total. The molecule has 0 aliphatic rings. The Balaban J connectivity index is 2.32. The van der Waals surface area contributed by atoms with Crippen LogP contribution in [0.3, 0.4) is 0 Å². The number of methoxy groups -OCH3 is 1. The van der Waals surface area contributed by atoms with Gasteiger partial charge in [-0.25, -0.2) is 0 Å². The summed E-state index contributed by atoms with van der Waals surface area (Å²) in [4.78, 5) is 12.5. The lowest BCUT2D eigenvalue weighted by molar-refractivity contribution is 0.0991. The normalized spacial score (nSPS) is 10.4. The van der Waals surface area contributed by atoms with Crippen molar-refractivity contribution in [2.24, 2.45) is 0 Å². The highest BCUT2D eigenvalue weighted by molar-refractivity contribution is 9.10. The zero-order valence-electron chi connectivity index (χ0n) is 11.9.